The largest absolute Gasteiger partial charge is 0.461 e. The highest BCUT2D eigenvalue weighted by molar-refractivity contribution is 5.39. The highest BCUT2D eigenvalue weighted by atomic mass is 16.5. The summed E-state index contributed by atoms with van der Waals surface area (Å²) in [4.78, 5) is 10.5. The van der Waals surface area contributed by atoms with Crippen molar-refractivity contribution in [3.63, 3.8) is 0 Å². The Morgan fingerprint density at radius 3 is 2.62 bits per heavy atom. The van der Waals surface area contributed by atoms with Crippen LogP contribution in [0.25, 0.3) is 0 Å². The first kappa shape index (κ1) is 9.04. The molecular formula is C11H18O2. The third kappa shape index (κ3) is 1.18. The van der Waals surface area contributed by atoms with Crippen LogP contribution in [0.1, 0.15) is 39.5 Å². The Kier molecular flexibility index (Phi) is 2.09. The molecule has 0 saturated heterocycles. The number of hydrogen-bond donors (Lipinski definition) is 0. The lowest BCUT2D eigenvalue weighted by Gasteiger charge is -2.39. The molecule has 0 heterocycles. The average Bonchev–Trinajstić information content (AvgIpc) is 2.64. The van der Waals surface area contributed by atoms with E-state index in [4.69, 9.17) is 4.74 Å². The second-order valence-electron chi connectivity index (χ2n) is 4.90. The van der Waals surface area contributed by atoms with Crippen molar-refractivity contribution in [1.82, 2.24) is 0 Å². The average molecular weight is 182 g/mol. The van der Waals surface area contributed by atoms with Crippen LogP contribution in [0.5, 0.6) is 0 Å². The highest BCUT2D eigenvalue weighted by Crippen LogP contribution is 2.55. The molecule has 13 heavy (non-hydrogen) atoms. The molecule has 0 aliphatic heterocycles. The molecule has 2 heteroatoms. The predicted octanol–water partition coefficient (Wildman–Crippen LogP) is 2.37. The Hall–Kier alpha value is -0.530. The van der Waals surface area contributed by atoms with Crippen molar-refractivity contribution in [2.75, 3.05) is 0 Å². The van der Waals surface area contributed by atoms with Crippen LogP contribution in [0, 0.1) is 17.8 Å². The third-order valence-corrected chi connectivity index (χ3v) is 4.08. The smallest absolute Gasteiger partial charge is 0.293 e. The lowest BCUT2D eigenvalue weighted by atomic mass is 9.76. The van der Waals surface area contributed by atoms with E-state index in [0.717, 1.165) is 12.3 Å². The van der Waals surface area contributed by atoms with E-state index in [-0.39, 0.29) is 5.60 Å². The number of ether oxygens (including phenoxy) is 1. The summed E-state index contributed by atoms with van der Waals surface area (Å²) in [6, 6.07) is 0. The summed E-state index contributed by atoms with van der Waals surface area (Å²) in [6.45, 7) is 5.00. The third-order valence-electron chi connectivity index (χ3n) is 4.08. The summed E-state index contributed by atoms with van der Waals surface area (Å²) >= 11 is 0. The summed E-state index contributed by atoms with van der Waals surface area (Å²) in [5.41, 5.74) is -0.106. The first-order valence-corrected chi connectivity index (χ1v) is 5.30. The molecule has 2 nitrogen and oxygen atoms in total. The fourth-order valence-corrected chi connectivity index (χ4v) is 3.40. The second-order valence-corrected chi connectivity index (χ2v) is 4.90. The first-order chi connectivity index (χ1) is 6.19. The zero-order valence-electron chi connectivity index (χ0n) is 8.45. The molecule has 2 fully saturated rings. The van der Waals surface area contributed by atoms with Crippen molar-refractivity contribution in [3.05, 3.63) is 0 Å². The van der Waals surface area contributed by atoms with Gasteiger partial charge in [0.2, 0.25) is 0 Å². The van der Waals surface area contributed by atoms with Gasteiger partial charge >= 0.3 is 0 Å². The van der Waals surface area contributed by atoms with Gasteiger partial charge in [0.15, 0.2) is 0 Å². The molecule has 2 aliphatic rings. The summed E-state index contributed by atoms with van der Waals surface area (Å²) in [5.74, 6) is 1.93. The molecule has 2 saturated carbocycles. The quantitative estimate of drug-likeness (QED) is 0.626. The van der Waals surface area contributed by atoms with E-state index in [9.17, 15) is 4.79 Å². The number of carbonyl (C=O) groups excluding carboxylic acids is 1. The van der Waals surface area contributed by atoms with Gasteiger partial charge in [-0.1, -0.05) is 13.8 Å². The second kappa shape index (κ2) is 3.00. The fourth-order valence-electron chi connectivity index (χ4n) is 3.40. The Morgan fingerprint density at radius 1 is 1.46 bits per heavy atom. The van der Waals surface area contributed by atoms with Crippen LogP contribution in [0.2, 0.25) is 0 Å². The molecule has 74 valence electrons. The molecule has 0 N–H and O–H groups in total. The van der Waals surface area contributed by atoms with Crippen molar-refractivity contribution < 1.29 is 9.53 Å². The molecule has 3 unspecified atom stereocenters. The van der Waals surface area contributed by atoms with Gasteiger partial charge in [0.05, 0.1) is 0 Å². The van der Waals surface area contributed by atoms with Crippen LogP contribution in [-0.2, 0) is 9.53 Å². The van der Waals surface area contributed by atoms with E-state index >= 15 is 0 Å². The minimum atomic E-state index is -0.106. The number of hydrogen-bond acceptors (Lipinski definition) is 2. The Balaban J connectivity index is 2.19. The normalized spacial score (nSPS) is 42.7. The molecule has 0 radical (unpaired) electrons. The maximum Gasteiger partial charge on any atom is 0.293 e. The molecule has 0 aromatic carbocycles. The minimum Gasteiger partial charge on any atom is -0.461 e. The van der Waals surface area contributed by atoms with E-state index < -0.39 is 0 Å². The SMILES string of the molecule is CC(C)C1(OC=O)CC2CCC1C2. The molecule has 0 spiro atoms. The molecular weight excluding hydrogens is 164 g/mol. The van der Waals surface area contributed by atoms with Crippen molar-refractivity contribution in [3.8, 4) is 0 Å². The topological polar surface area (TPSA) is 26.3 Å². The lowest BCUT2D eigenvalue weighted by molar-refractivity contribution is -0.156. The number of carbonyl (C=O) groups is 1. The van der Waals surface area contributed by atoms with Crippen molar-refractivity contribution in [2.45, 2.75) is 45.1 Å². The molecule has 3 atom stereocenters. The van der Waals surface area contributed by atoms with Crippen LogP contribution in [0.3, 0.4) is 0 Å². The Bertz CT molecular complexity index is 212. The Labute approximate surface area is 79.7 Å². The van der Waals surface area contributed by atoms with Crippen LogP contribution < -0.4 is 0 Å². The minimum absolute atomic E-state index is 0.106. The van der Waals surface area contributed by atoms with E-state index in [2.05, 4.69) is 13.8 Å². The van der Waals surface area contributed by atoms with Crippen molar-refractivity contribution >= 4 is 6.47 Å². The van der Waals surface area contributed by atoms with Crippen molar-refractivity contribution in [2.24, 2.45) is 17.8 Å². The van der Waals surface area contributed by atoms with Gasteiger partial charge in [-0.25, -0.2) is 0 Å². The molecule has 0 aromatic rings. The fraction of sp³-hybridized carbons (Fsp3) is 0.909. The molecule has 0 aromatic heterocycles. The van der Waals surface area contributed by atoms with Crippen LogP contribution >= 0.6 is 0 Å². The summed E-state index contributed by atoms with van der Waals surface area (Å²) < 4.78 is 5.41. The molecule has 2 bridgehead atoms. The summed E-state index contributed by atoms with van der Waals surface area (Å²) in [5, 5.41) is 0. The number of fused-ring (bicyclic) bond motifs is 2. The van der Waals surface area contributed by atoms with Gasteiger partial charge in [-0.15, -0.1) is 0 Å². The lowest BCUT2D eigenvalue weighted by Crippen LogP contribution is -2.43. The predicted molar refractivity (Wildman–Crippen MR) is 50.2 cm³/mol. The maximum atomic E-state index is 10.5. The van der Waals surface area contributed by atoms with Gasteiger partial charge in [0, 0.05) is 0 Å². The van der Waals surface area contributed by atoms with Crippen LogP contribution in [0.15, 0.2) is 0 Å². The van der Waals surface area contributed by atoms with Gasteiger partial charge < -0.3 is 4.74 Å². The maximum absolute atomic E-state index is 10.5. The number of rotatable bonds is 3. The van der Waals surface area contributed by atoms with E-state index in [1.807, 2.05) is 0 Å². The van der Waals surface area contributed by atoms with Crippen LogP contribution in [-0.4, -0.2) is 12.1 Å². The van der Waals surface area contributed by atoms with E-state index in [0.29, 0.717) is 18.3 Å². The zero-order chi connectivity index (χ0) is 9.47. The standard InChI is InChI=1S/C11H18O2/c1-8(2)11(13-7-12)6-9-3-4-10(11)5-9/h7-10H,3-6H2,1-2H3. The van der Waals surface area contributed by atoms with Gasteiger partial charge in [-0.3, -0.25) is 4.79 Å². The first-order valence-electron chi connectivity index (χ1n) is 5.30. The molecule has 2 rings (SSSR count). The van der Waals surface area contributed by atoms with Crippen molar-refractivity contribution in [1.29, 1.82) is 0 Å². The van der Waals surface area contributed by atoms with Crippen LogP contribution in [0.4, 0.5) is 0 Å². The van der Waals surface area contributed by atoms with Gasteiger partial charge in [0.1, 0.15) is 5.60 Å². The zero-order valence-corrected chi connectivity index (χ0v) is 8.45. The van der Waals surface area contributed by atoms with E-state index in [1.54, 1.807) is 0 Å². The van der Waals surface area contributed by atoms with Gasteiger partial charge in [0.25, 0.3) is 6.47 Å². The molecule has 0 amide bonds. The summed E-state index contributed by atoms with van der Waals surface area (Å²) in [7, 11) is 0. The highest BCUT2D eigenvalue weighted by Gasteiger charge is 2.54. The Morgan fingerprint density at radius 2 is 2.23 bits per heavy atom. The molecule has 2 aliphatic carbocycles. The van der Waals surface area contributed by atoms with E-state index in [1.165, 1.54) is 19.3 Å². The monoisotopic (exact) mass is 182 g/mol. The van der Waals surface area contributed by atoms with Gasteiger partial charge in [-0.2, -0.15) is 0 Å². The van der Waals surface area contributed by atoms with Gasteiger partial charge in [-0.05, 0) is 43.4 Å². The summed E-state index contributed by atoms with van der Waals surface area (Å²) in [6.07, 6.45) is 5.00.